The van der Waals surface area contributed by atoms with Gasteiger partial charge in [-0.1, -0.05) is 47.6 Å². The van der Waals surface area contributed by atoms with Gasteiger partial charge in [0.25, 0.3) is 11.8 Å². The molecule has 4 nitrogen and oxygen atoms in total. The van der Waals surface area contributed by atoms with Crippen LogP contribution in [-0.2, 0) is 4.79 Å². The molecule has 1 heterocycles. The Labute approximate surface area is 157 Å². The summed E-state index contributed by atoms with van der Waals surface area (Å²) in [5.41, 5.74) is 2.94. The first-order chi connectivity index (χ1) is 12.0. The zero-order valence-corrected chi connectivity index (χ0v) is 14.9. The molecule has 0 aromatic heterocycles. The number of thiocarbonyl (C=S) groups is 1. The molecule has 1 aliphatic heterocycles. The standard InChI is InChI=1S/C17H10ClFN2O2S2/c18-12-7-4-8-13(19)11(12)9-14-16(23)21(17(24)25-14)20-15(22)10-5-2-1-3-6-10/h1-9H,(H,20,22)/b14-9+. The van der Waals surface area contributed by atoms with E-state index in [2.05, 4.69) is 5.43 Å². The second-order valence-corrected chi connectivity index (χ2v) is 7.04. The second kappa shape index (κ2) is 7.35. The van der Waals surface area contributed by atoms with Gasteiger partial charge in [0, 0.05) is 11.1 Å². The van der Waals surface area contributed by atoms with E-state index < -0.39 is 17.6 Å². The first kappa shape index (κ1) is 17.6. The number of rotatable bonds is 3. The lowest BCUT2D eigenvalue weighted by atomic mass is 10.2. The van der Waals surface area contributed by atoms with Crippen LogP contribution < -0.4 is 5.43 Å². The topological polar surface area (TPSA) is 49.4 Å². The number of nitrogens with zero attached hydrogens (tertiary/aromatic N) is 1. The van der Waals surface area contributed by atoms with Crippen LogP contribution >= 0.6 is 35.6 Å². The fourth-order valence-corrected chi connectivity index (χ4v) is 3.48. The molecular weight excluding hydrogens is 383 g/mol. The zero-order valence-electron chi connectivity index (χ0n) is 12.5. The summed E-state index contributed by atoms with van der Waals surface area (Å²) in [7, 11) is 0. The smallest absolute Gasteiger partial charge is 0.267 e. The highest BCUT2D eigenvalue weighted by Gasteiger charge is 2.34. The van der Waals surface area contributed by atoms with Gasteiger partial charge in [0.2, 0.25) is 0 Å². The Morgan fingerprint density at radius 2 is 1.92 bits per heavy atom. The zero-order chi connectivity index (χ0) is 18.0. The molecular formula is C17H10ClFN2O2S2. The average Bonchev–Trinajstić information content (AvgIpc) is 2.86. The van der Waals surface area contributed by atoms with E-state index in [-0.39, 0.29) is 19.8 Å². The van der Waals surface area contributed by atoms with Crippen molar-refractivity contribution in [2.75, 3.05) is 0 Å². The molecule has 0 bridgehead atoms. The van der Waals surface area contributed by atoms with Crippen molar-refractivity contribution in [2.45, 2.75) is 0 Å². The summed E-state index contributed by atoms with van der Waals surface area (Å²) in [6.07, 6.45) is 1.33. The van der Waals surface area contributed by atoms with Crippen LogP contribution in [-0.4, -0.2) is 21.1 Å². The first-order valence-electron chi connectivity index (χ1n) is 7.05. The number of hydrogen-bond acceptors (Lipinski definition) is 4. The molecule has 1 saturated heterocycles. The fourth-order valence-electron chi connectivity index (χ4n) is 2.10. The van der Waals surface area contributed by atoms with Crippen molar-refractivity contribution < 1.29 is 14.0 Å². The van der Waals surface area contributed by atoms with Crippen molar-refractivity contribution in [3.63, 3.8) is 0 Å². The van der Waals surface area contributed by atoms with Crippen molar-refractivity contribution in [1.82, 2.24) is 10.4 Å². The van der Waals surface area contributed by atoms with Crippen molar-refractivity contribution in [2.24, 2.45) is 0 Å². The number of thioether (sulfide) groups is 1. The Morgan fingerprint density at radius 1 is 1.20 bits per heavy atom. The van der Waals surface area contributed by atoms with E-state index in [9.17, 15) is 14.0 Å². The summed E-state index contributed by atoms with van der Waals surface area (Å²) < 4.78 is 14.0. The predicted octanol–water partition coefficient (Wildman–Crippen LogP) is 4.03. The highest BCUT2D eigenvalue weighted by molar-refractivity contribution is 8.26. The minimum absolute atomic E-state index is 0.0963. The third-order valence-corrected chi connectivity index (χ3v) is 4.95. The van der Waals surface area contributed by atoms with Crippen molar-refractivity contribution >= 4 is 57.8 Å². The summed E-state index contributed by atoms with van der Waals surface area (Å²) in [4.78, 5) is 24.8. The molecule has 0 spiro atoms. The second-order valence-electron chi connectivity index (χ2n) is 4.96. The Morgan fingerprint density at radius 3 is 2.60 bits per heavy atom. The quantitative estimate of drug-likeness (QED) is 0.633. The third kappa shape index (κ3) is 3.73. The molecule has 0 aliphatic carbocycles. The van der Waals surface area contributed by atoms with Crippen LogP contribution in [0.2, 0.25) is 5.02 Å². The highest BCUT2D eigenvalue weighted by Crippen LogP contribution is 2.33. The predicted molar refractivity (Wildman–Crippen MR) is 100 cm³/mol. The monoisotopic (exact) mass is 392 g/mol. The molecule has 0 atom stereocenters. The number of nitrogens with one attached hydrogen (secondary N) is 1. The van der Waals surface area contributed by atoms with Crippen molar-refractivity contribution in [3.05, 3.63) is 75.4 Å². The molecule has 2 amide bonds. The molecule has 2 aromatic rings. The van der Waals surface area contributed by atoms with Crippen LogP contribution in [0.4, 0.5) is 4.39 Å². The molecule has 0 unspecified atom stereocenters. The van der Waals surface area contributed by atoms with Crippen molar-refractivity contribution in [1.29, 1.82) is 0 Å². The Kier molecular flexibility index (Phi) is 5.17. The normalized spacial score (nSPS) is 15.8. The van der Waals surface area contributed by atoms with Crippen LogP contribution in [0.1, 0.15) is 15.9 Å². The van der Waals surface area contributed by atoms with Gasteiger partial charge in [-0.3, -0.25) is 15.0 Å². The van der Waals surface area contributed by atoms with Gasteiger partial charge in [-0.2, -0.15) is 5.01 Å². The lowest BCUT2D eigenvalue weighted by Crippen LogP contribution is -2.44. The Hall–Kier alpha value is -2.22. The van der Waals surface area contributed by atoms with Gasteiger partial charge >= 0.3 is 0 Å². The summed E-state index contributed by atoms with van der Waals surface area (Å²) in [6.45, 7) is 0. The van der Waals surface area contributed by atoms with Crippen LogP contribution in [0.5, 0.6) is 0 Å². The lowest BCUT2D eigenvalue weighted by Gasteiger charge is -2.15. The maximum absolute atomic E-state index is 13.9. The van der Waals surface area contributed by atoms with Gasteiger partial charge in [0.05, 0.1) is 9.93 Å². The average molecular weight is 393 g/mol. The van der Waals surface area contributed by atoms with E-state index in [1.165, 1.54) is 24.3 Å². The molecule has 126 valence electrons. The minimum atomic E-state index is -0.550. The third-order valence-electron chi connectivity index (χ3n) is 3.32. The van der Waals surface area contributed by atoms with Crippen LogP contribution in [0.15, 0.2) is 53.4 Å². The van der Waals surface area contributed by atoms with Gasteiger partial charge in [-0.15, -0.1) is 0 Å². The summed E-state index contributed by atoms with van der Waals surface area (Å²) in [6, 6.07) is 12.7. The van der Waals surface area contributed by atoms with Crippen LogP contribution in [0.25, 0.3) is 6.08 Å². The fraction of sp³-hybridized carbons (Fsp3) is 0. The first-order valence-corrected chi connectivity index (χ1v) is 8.65. The molecule has 8 heteroatoms. The molecule has 1 fully saturated rings. The molecule has 2 aromatic carbocycles. The number of carbonyl (C=O) groups is 2. The van der Waals surface area contributed by atoms with Crippen LogP contribution in [0, 0.1) is 5.82 Å². The van der Waals surface area contributed by atoms with Crippen molar-refractivity contribution in [3.8, 4) is 0 Å². The number of hydrazine groups is 1. The van der Waals surface area contributed by atoms with E-state index in [4.69, 9.17) is 23.8 Å². The number of carbonyl (C=O) groups excluding carboxylic acids is 2. The Bertz CT molecular complexity index is 883. The van der Waals surface area contributed by atoms with Gasteiger partial charge in [-0.25, -0.2) is 4.39 Å². The minimum Gasteiger partial charge on any atom is -0.267 e. The maximum Gasteiger partial charge on any atom is 0.285 e. The molecule has 0 saturated carbocycles. The number of hydrogen-bond donors (Lipinski definition) is 1. The van der Waals surface area contributed by atoms with E-state index in [1.54, 1.807) is 30.3 Å². The molecule has 0 radical (unpaired) electrons. The lowest BCUT2D eigenvalue weighted by molar-refractivity contribution is -0.123. The van der Waals surface area contributed by atoms with Crippen LogP contribution in [0.3, 0.4) is 0 Å². The molecule has 1 N–H and O–H groups in total. The van der Waals surface area contributed by atoms with Gasteiger partial charge in [0.15, 0.2) is 4.32 Å². The number of halogens is 2. The maximum atomic E-state index is 13.9. The summed E-state index contributed by atoms with van der Waals surface area (Å²) in [5.74, 6) is -1.56. The van der Waals surface area contributed by atoms with Gasteiger partial charge < -0.3 is 0 Å². The summed E-state index contributed by atoms with van der Waals surface area (Å²) >= 11 is 12.1. The van der Waals surface area contributed by atoms with E-state index in [0.717, 1.165) is 16.8 Å². The van der Waals surface area contributed by atoms with E-state index in [0.29, 0.717) is 5.56 Å². The molecule has 3 rings (SSSR count). The largest absolute Gasteiger partial charge is 0.285 e. The number of amides is 2. The summed E-state index contributed by atoms with van der Waals surface area (Å²) in [5, 5.41) is 1.15. The Balaban J connectivity index is 1.83. The molecule has 1 aliphatic rings. The van der Waals surface area contributed by atoms with Gasteiger partial charge in [-0.05, 0) is 42.6 Å². The number of benzene rings is 2. The molecule has 25 heavy (non-hydrogen) atoms. The SMILES string of the molecule is O=C(NN1C(=O)/C(=C\c2c(F)cccc2Cl)SC1=S)c1ccccc1. The van der Waals surface area contributed by atoms with Gasteiger partial charge in [0.1, 0.15) is 5.82 Å². The van der Waals surface area contributed by atoms with E-state index >= 15 is 0 Å². The highest BCUT2D eigenvalue weighted by atomic mass is 35.5. The van der Waals surface area contributed by atoms with E-state index in [1.807, 2.05) is 0 Å².